The summed E-state index contributed by atoms with van der Waals surface area (Å²) >= 11 is 0. The molecule has 1 aliphatic rings. The van der Waals surface area contributed by atoms with E-state index in [4.69, 9.17) is 33.5 Å². The van der Waals surface area contributed by atoms with Gasteiger partial charge in [0.2, 0.25) is 0 Å². The van der Waals surface area contributed by atoms with Gasteiger partial charge in [0.05, 0.1) is 19.3 Å². The summed E-state index contributed by atoms with van der Waals surface area (Å²) in [7, 11) is 3.16. The first-order chi connectivity index (χ1) is 11.7. The van der Waals surface area contributed by atoms with Crippen LogP contribution in [0.4, 0.5) is 0 Å². The molecule has 0 amide bonds. The Hall–Kier alpha value is -0.540. The minimum Gasteiger partial charge on any atom is -0.392 e. The van der Waals surface area contributed by atoms with E-state index in [2.05, 4.69) is 13.8 Å². The Morgan fingerprint density at radius 1 is 1.20 bits per heavy atom. The van der Waals surface area contributed by atoms with E-state index < -0.39 is 5.79 Å². The van der Waals surface area contributed by atoms with Crippen molar-refractivity contribution in [2.24, 2.45) is 5.41 Å². The van der Waals surface area contributed by atoms with Crippen LogP contribution in [-0.2, 0) is 28.4 Å². The van der Waals surface area contributed by atoms with E-state index in [0.29, 0.717) is 13.0 Å². The molecule has 25 heavy (non-hydrogen) atoms. The van der Waals surface area contributed by atoms with Gasteiger partial charge in [-0.15, -0.1) is 0 Å². The zero-order valence-electron chi connectivity index (χ0n) is 16.3. The van der Waals surface area contributed by atoms with Crippen LogP contribution in [0.1, 0.15) is 34.1 Å². The van der Waals surface area contributed by atoms with Gasteiger partial charge in [0, 0.05) is 14.2 Å². The fourth-order valence-corrected chi connectivity index (χ4v) is 2.86. The molecule has 1 saturated heterocycles. The van der Waals surface area contributed by atoms with Gasteiger partial charge in [-0.2, -0.15) is 0 Å². The Bertz CT molecular complexity index is 395. The van der Waals surface area contributed by atoms with E-state index in [0.717, 1.165) is 0 Å². The van der Waals surface area contributed by atoms with Gasteiger partial charge in [0.1, 0.15) is 25.8 Å². The second-order valence-corrected chi connectivity index (χ2v) is 7.29. The van der Waals surface area contributed by atoms with E-state index in [1.807, 2.05) is 19.9 Å². The highest BCUT2D eigenvalue weighted by Crippen LogP contribution is 2.33. The SMILES string of the molecule is COCO[C@@H]([C@H](CC(C)(C)/C=C/CO)OCOC)[C@H]1COC(C)(C)O1. The first kappa shape index (κ1) is 22.5. The average molecular weight is 362 g/mol. The minimum atomic E-state index is -0.655. The third-order valence-electron chi connectivity index (χ3n) is 3.94. The van der Waals surface area contributed by atoms with E-state index in [-0.39, 0.29) is 43.9 Å². The number of aliphatic hydroxyl groups excluding tert-OH is 1. The predicted octanol–water partition coefficient (Wildman–Crippen LogP) is 2.08. The van der Waals surface area contributed by atoms with Crippen LogP contribution in [0, 0.1) is 5.41 Å². The quantitative estimate of drug-likeness (QED) is 0.421. The van der Waals surface area contributed by atoms with Crippen LogP contribution in [-0.4, -0.2) is 70.2 Å². The monoisotopic (exact) mass is 362 g/mol. The van der Waals surface area contributed by atoms with Crippen LogP contribution < -0.4 is 0 Å². The topological polar surface area (TPSA) is 75.6 Å². The molecule has 0 bridgehead atoms. The van der Waals surface area contributed by atoms with Gasteiger partial charge in [0.15, 0.2) is 5.79 Å². The van der Waals surface area contributed by atoms with Crippen LogP contribution in [0.25, 0.3) is 0 Å². The van der Waals surface area contributed by atoms with E-state index in [9.17, 15) is 0 Å². The molecule has 0 spiro atoms. The highest BCUT2D eigenvalue weighted by Gasteiger charge is 2.43. The third-order valence-corrected chi connectivity index (χ3v) is 3.94. The lowest BCUT2D eigenvalue weighted by Crippen LogP contribution is -2.45. The number of methoxy groups -OCH3 is 2. The van der Waals surface area contributed by atoms with Crippen LogP contribution in [0.15, 0.2) is 12.2 Å². The van der Waals surface area contributed by atoms with Crippen molar-refractivity contribution in [3.05, 3.63) is 12.2 Å². The zero-order valence-corrected chi connectivity index (χ0v) is 16.3. The Kier molecular flexibility index (Phi) is 9.51. The Labute approximate surface area is 151 Å². The van der Waals surface area contributed by atoms with Gasteiger partial charge >= 0.3 is 0 Å². The molecule has 0 radical (unpaired) electrons. The predicted molar refractivity (Wildman–Crippen MR) is 93.0 cm³/mol. The number of hydrogen-bond acceptors (Lipinski definition) is 7. The molecule has 1 heterocycles. The van der Waals surface area contributed by atoms with Crippen molar-refractivity contribution in [2.75, 3.05) is 41.0 Å². The molecule has 1 aliphatic heterocycles. The maximum absolute atomic E-state index is 9.04. The molecule has 0 aromatic heterocycles. The van der Waals surface area contributed by atoms with Crippen molar-refractivity contribution in [1.82, 2.24) is 0 Å². The first-order valence-corrected chi connectivity index (χ1v) is 8.56. The molecule has 0 aromatic rings. The van der Waals surface area contributed by atoms with Crippen LogP contribution in [0.2, 0.25) is 0 Å². The fraction of sp³-hybridized carbons (Fsp3) is 0.889. The maximum atomic E-state index is 9.04. The average Bonchev–Trinajstić information content (AvgIpc) is 2.90. The van der Waals surface area contributed by atoms with Crippen molar-refractivity contribution in [3.63, 3.8) is 0 Å². The second kappa shape index (κ2) is 10.6. The molecule has 148 valence electrons. The van der Waals surface area contributed by atoms with Gasteiger partial charge in [-0.25, -0.2) is 0 Å². The molecular formula is C18H34O7. The molecule has 0 aliphatic carbocycles. The highest BCUT2D eigenvalue weighted by molar-refractivity contribution is 4.98. The molecule has 1 fully saturated rings. The van der Waals surface area contributed by atoms with E-state index >= 15 is 0 Å². The van der Waals surface area contributed by atoms with Crippen LogP contribution >= 0.6 is 0 Å². The van der Waals surface area contributed by atoms with Gasteiger partial charge < -0.3 is 33.5 Å². The largest absolute Gasteiger partial charge is 0.392 e. The molecule has 0 unspecified atom stereocenters. The standard InChI is InChI=1S/C18H34O7/c1-17(2,8-7-9-19)10-14(22-12-20-5)16(23-13-21-6)15-11-24-18(3,4)25-15/h7-8,14-16,19H,9-13H2,1-6H3/b8-7+/t14-,15+,16-/m0/s1. The maximum Gasteiger partial charge on any atom is 0.163 e. The smallest absolute Gasteiger partial charge is 0.163 e. The number of ether oxygens (including phenoxy) is 6. The highest BCUT2D eigenvalue weighted by atomic mass is 16.8. The summed E-state index contributed by atoms with van der Waals surface area (Å²) in [6.07, 6.45) is 3.41. The van der Waals surface area contributed by atoms with Crippen LogP contribution in [0.5, 0.6) is 0 Å². The zero-order chi connectivity index (χ0) is 18.9. The van der Waals surface area contributed by atoms with Crippen molar-refractivity contribution in [3.8, 4) is 0 Å². The molecule has 3 atom stereocenters. The van der Waals surface area contributed by atoms with Gasteiger partial charge in [-0.05, 0) is 25.7 Å². The molecule has 1 N–H and O–H groups in total. The number of allylic oxidation sites excluding steroid dienone is 1. The molecule has 1 rings (SSSR count). The summed E-state index contributed by atoms with van der Waals surface area (Å²) in [5.74, 6) is -0.655. The summed E-state index contributed by atoms with van der Waals surface area (Å²) < 4.78 is 33.6. The van der Waals surface area contributed by atoms with Gasteiger partial charge in [-0.3, -0.25) is 0 Å². The van der Waals surface area contributed by atoms with Crippen molar-refractivity contribution < 1.29 is 33.5 Å². The van der Waals surface area contributed by atoms with Crippen molar-refractivity contribution in [2.45, 2.75) is 58.2 Å². The Morgan fingerprint density at radius 3 is 2.36 bits per heavy atom. The van der Waals surface area contributed by atoms with Crippen molar-refractivity contribution >= 4 is 0 Å². The summed E-state index contributed by atoms with van der Waals surface area (Å²) in [6, 6.07) is 0. The minimum absolute atomic E-state index is 0.00436. The summed E-state index contributed by atoms with van der Waals surface area (Å²) in [5.41, 5.74) is -0.204. The Balaban J connectivity index is 2.92. The molecular weight excluding hydrogens is 328 g/mol. The summed E-state index contributed by atoms with van der Waals surface area (Å²) in [4.78, 5) is 0. The van der Waals surface area contributed by atoms with E-state index in [1.54, 1.807) is 20.3 Å². The lowest BCUT2D eigenvalue weighted by atomic mass is 9.84. The molecule has 0 aromatic carbocycles. The number of rotatable bonds is 12. The molecule has 7 nitrogen and oxygen atoms in total. The molecule has 0 saturated carbocycles. The van der Waals surface area contributed by atoms with Crippen molar-refractivity contribution in [1.29, 1.82) is 0 Å². The summed E-state index contributed by atoms with van der Waals surface area (Å²) in [5, 5.41) is 9.04. The number of aliphatic hydroxyl groups is 1. The third kappa shape index (κ3) is 8.13. The lowest BCUT2D eigenvalue weighted by Gasteiger charge is -2.35. The second-order valence-electron chi connectivity index (χ2n) is 7.29. The summed E-state index contributed by atoms with van der Waals surface area (Å²) in [6.45, 7) is 8.60. The van der Waals surface area contributed by atoms with E-state index in [1.165, 1.54) is 0 Å². The first-order valence-electron chi connectivity index (χ1n) is 8.56. The Morgan fingerprint density at radius 2 is 1.84 bits per heavy atom. The number of hydrogen-bond donors (Lipinski definition) is 1. The van der Waals surface area contributed by atoms with Crippen LogP contribution in [0.3, 0.4) is 0 Å². The molecule has 7 heteroatoms. The lowest BCUT2D eigenvalue weighted by molar-refractivity contribution is -0.209. The normalized spacial score (nSPS) is 23.2. The fourth-order valence-electron chi connectivity index (χ4n) is 2.86. The van der Waals surface area contributed by atoms with Gasteiger partial charge in [0.25, 0.3) is 0 Å². The van der Waals surface area contributed by atoms with Gasteiger partial charge in [-0.1, -0.05) is 26.0 Å².